The molecular weight excluding hydrogens is 170 g/mol. The van der Waals surface area contributed by atoms with E-state index in [1.54, 1.807) is 6.07 Å². The fraction of sp³-hybridized carbons (Fsp3) is 0.200. The molecule has 0 radical (unpaired) electrons. The van der Waals surface area contributed by atoms with Gasteiger partial charge in [0.1, 0.15) is 12.7 Å². The van der Waals surface area contributed by atoms with Gasteiger partial charge in [-0.15, -0.1) is 12.4 Å². The predicted molar refractivity (Wildman–Crippen MR) is 37.4 cm³/mol. The number of rotatable bonds is 2. The molecule has 0 aliphatic heterocycles. The van der Waals surface area contributed by atoms with Crippen LogP contribution in [0.3, 0.4) is 0 Å². The van der Waals surface area contributed by atoms with Gasteiger partial charge in [-0.2, -0.15) is 5.26 Å². The molecule has 0 saturated heterocycles. The van der Waals surface area contributed by atoms with Gasteiger partial charge in [-0.3, -0.25) is 4.84 Å². The Balaban J connectivity index is 0.000001000. The van der Waals surface area contributed by atoms with E-state index in [2.05, 4.69) is 14.5 Å². The molecule has 2 N–H and O–H groups in total. The minimum Gasteiger partial charge on any atom is -0.357 e. The molecule has 0 bridgehead atoms. The number of nitriles is 1. The van der Waals surface area contributed by atoms with Gasteiger partial charge < -0.3 is 4.52 Å². The SMILES string of the molecule is Cl.N#Cc1cc(CON)on1. The Morgan fingerprint density at radius 1 is 1.82 bits per heavy atom. The van der Waals surface area contributed by atoms with Gasteiger partial charge >= 0.3 is 0 Å². The standard InChI is InChI=1S/C5H5N3O2.ClH/c6-2-4-1-5(3-9-7)10-8-4;/h1H,3,7H2;1H. The maximum absolute atomic E-state index is 8.27. The van der Waals surface area contributed by atoms with E-state index in [-0.39, 0.29) is 24.7 Å². The molecule has 11 heavy (non-hydrogen) atoms. The van der Waals surface area contributed by atoms with Crippen LogP contribution in [0.2, 0.25) is 0 Å². The first-order valence-electron chi connectivity index (χ1n) is 2.54. The van der Waals surface area contributed by atoms with Crippen molar-refractivity contribution in [3.63, 3.8) is 0 Å². The molecule has 0 aromatic carbocycles. The fourth-order valence-electron chi connectivity index (χ4n) is 0.516. The van der Waals surface area contributed by atoms with Gasteiger partial charge in [0.15, 0.2) is 11.5 Å². The molecule has 1 aromatic heterocycles. The molecule has 0 fully saturated rings. The van der Waals surface area contributed by atoms with Crippen molar-refractivity contribution < 1.29 is 9.36 Å². The molecule has 0 amide bonds. The van der Waals surface area contributed by atoms with Gasteiger partial charge in [0.25, 0.3) is 0 Å². The number of aromatic nitrogens is 1. The van der Waals surface area contributed by atoms with Crippen LogP contribution >= 0.6 is 12.4 Å². The normalized spacial score (nSPS) is 8.36. The average Bonchev–Trinajstić information content (AvgIpc) is 2.37. The topological polar surface area (TPSA) is 85.1 Å². The maximum atomic E-state index is 8.27. The quantitative estimate of drug-likeness (QED) is 0.656. The summed E-state index contributed by atoms with van der Waals surface area (Å²) in [5.41, 5.74) is 0.229. The molecule has 0 saturated carbocycles. The van der Waals surface area contributed by atoms with Crippen LogP contribution < -0.4 is 5.90 Å². The van der Waals surface area contributed by atoms with E-state index in [4.69, 9.17) is 11.2 Å². The first-order valence-corrected chi connectivity index (χ1v) is 2.54. The lowest BCUT2D eigenvalue weighted by Crippen LogP contribution is -1.96. The van der Waals surface area contributed by atoms with E-state index >= 15 is 0 Å². The Labute approximate surface area is 69.1 Å². The van der Waals surface area contributed by atoms with Crippen molar-refractivity contribution in [1.82, 2.24) is 5.16 Å². The molecule has 0 aliphatic rings. The Morgan fingerprint density at radius 2 is 2.55 bits per heavy atom. The summed E-state index contributed by atoms with van der Waals surface area (Å²) in [6.07, 6.45) is 0. The lowest BCUT2D eigenvalue weighted by Gasteiger charge is -1.86. The van der Waals surface area contributed by atoms with Crippen LogP contribution in [-0.4, -0.2) is 5.16 Å². The van der Waals surface area contributed by atoms with Crippen LogP contribution in [0.4, 0.5) is 0 Å². The average molecular weight is 176 g/mol. The molecule has 0 unspecified atom stereocenters. The van der Waals surface area contributed by atoms with Crippen LogP contribution in [0, 0.1) is 11.3 Å². The van der Waals surface area contributed by atoms with Gasteiger partial charge in [-0.25, -0.2) is 5.90 Å². The van der Waals surface area contributed by atoms with Crippen molar-refractivity contribution in [2.24, 2.45) is 5.90 Å². The summed E-state index contributed by atoms with van der Waals surface area (Å²) in [7, 11) is 0. The van der Waals surface area contributed by atoms with Crippen LogP contribution in [0.15, 0.2) is 10.6 Å². The first-order chi connectivity index (χ1) is 4.86. The van der Waals surface area contributed by atoms with E-state index < -0.39 is 0 Å². The molecule has 1 heterocycles. The lowest BCUT2D eigenvalue weighted by atomic mass is 10.4. The molecule has 1 rings (SSSR count). The zero-order chi connectivity index (χ0) is 7.40. The summed E-state index contributed by atoms with van der Waals surface area (Å²) in [5.74, 6) is 5.18. The van der Waals surface area contributed by atoms with Gasteiger partial charge in [0.05, 0.1) is 0 Å². The Hall–Kier alpha value is -1.09. The highest BCUT2D eigenvalue weighted by Crippen LogP contribution is 2.01. The zero-order valence-electron chi connectivity index (χ0n) is 5.48. The Kier molecular flexibility index (Phi) is 4.22. The summed E-state index contributed by atoms with van der Waals surface area (Å²) in [6.45, 7) is 0.134. The highest BCUT2D eigenvalue weighted by molar-refractivity contribution is 5.85. The molecule has 60 valence electrons. The van der Waals surface area contributed by atoms with Crippen molar-refractivity contribution in [2.45, 2.75) is 6.61 Å². The summed E-state index contributed by atoms with van der Waals surface area (Å²) in [5, 5.41) is 11.7. The van der Waals surface area contributed by atoms with Gasteiger partial charge in [0.2, 0.25) is 0 Å². The van der Waals surface area contributed by atoms with Gasteiger partial charge in [0, 0.05) is 6.07 Å². The van der Waals surface area contributed by atoms with Crippen LogP contribution in [-0.2, 0) is 11.4 Å². The van der Waals surface area contributed by atoms with Crippen LogP contribution in [0.25, 0.3) is 0 Å². The van der Waals surface area contributed by atoms with Crippen molar-refractivity contribution >= 4 is 12.4 Å². The van der Waals surface area contributed by atoms with Crippen molar-refractivity contribution in [2.75, 3.05) is 0 Å². The molecule has 6 heteroatoms. The van der Waals surface area contributed by atoms with Gasteiger partial charge in [-0.1, -0.05) is 5.16 Å². The van der Waals surface area contributed by atoms with Crippen LogP contribution in [0.5, 0.6) is 0 Å². The lowest BCUT2D eigenvalue weighted by molar-refractivity contribution is 0.103. The van der Waals surface area contributed by atoms with Gasteiger partial charge in [-0.05, 0) is 0 Å². The Bertz CT molecular complexity index is 254. The van der Waals surface area contributed by atoms with E-state index in [1.807, 2.05) is 0 Å². The van der Waals surface area contributed by atoms with E-state index in [0.717, 1.165) is 0 Å². The molecule has 0 atom stereocenters. The molecule has 0 spiro atoms. The van der Waals surface area contributed by atoms with E-state index in [0.29, 0.717) is 5.76 Å². The fourth-order valence-corrected chi connectivity index (χ4v) is 0.516. The predicted octanol–water partition coefficient (Wildman–Crippen LogP) is 0.358. The van der Waals surface area contributed by atoms with Crippen molar-refractivity contribution in [3.05, 3.63) is 17.5 Å². The smallest absolute Gasteiger partial charge is 0.183 e. The summed E-state index contributed by atoms with van der Waals surface area (Å²) < 4.78 is 4.62. The second kappa shape index (κ2) is 4.68. The van der Waals surface area contributed by atoms with Crippen LogP contribution in [0.1, 0.15) is 11.5 Å². The number of halogens is 1. The second-order valence-electron chi connectivity index (χ2n) is 1.60. The largest absolute Gasteiger partial charge is 0.357 e. The monoisotopic (exact) mass is 175 g/mol. The minimum atomic E-state index is 0. The summed E-state index contributed by atoms with van der Waals surface area (Å²) in [4.78, 5) is 4.24. The first kappa shape index (κ1) is 9.91. The maximum Gasteiger partial charge on any atom is 0.183 e. The second-order valence-corrected chi connectivity index (χ2v) is 1.60. The number of nitrogens with two attached hydrogens (primary N) is 1. The van der Waals surface area contributed by atoms with E-state index in [1.165, 1.54) is 6.07 Å². The third kappa shape index (κ3) is 2.55. The molecule has 1 aromatic rings. The van der Waals surface area contributed by atoms with E-state index in [9.17, 15) is 0 Å². The highest BCUT2D eigenvalue weighted by Gasteiger charge is 2.00. The summed E-state index contributed by atoms with van der Waals surface area (Å²) in [6, 6.07) is 3.27. The zero-order valence-corrected chi connectivity index (χ0v) is 6.30. The molecular formula is C5H6ClN3O2. The highest BCUT2D eigenvalue weighted by atomic mass is 35.5. The third-order valence-corrected chi connectivity index (χ3v) is 0.899. The molecule has 0 aliphatic carbocycles. The number of hydrogen-bond donors (Lipinski definition) is 1. The van der Waals surface area contributed by atoms with Crippen molar-refractivity contribution in [3.8, 4) is 6.07 Å². The number of hydrogen-bond acceptors (Lipinski definition) is 5. The van der Waals surface area contributed by atoms with Crippen molar-refractivity contribution in [1.29, 1.82) is 5.26 Å². The minimum absolute atomic E-state index is 0. The summed E-state index contributed by atoms with van der Waals surface area (Å²) >= 11 is 0. The Morgan fingerprint density at radius 3 is 3.00 bits per heavy atom. The number of nitrogens with zero attached hydrogens (tertiary/aromatic N) is 2. The third-order valence-electron chi connectivity index (χ3n) is 0.899. The molecule has 5 nitrogen and oxygen atoms in total.